The summed E-state index contributed by atoms with van der Waals surface area (Å²) in [7, 11) is 0. The van der Waals surface area contributed by atoms with Gasteiger partial charge in [-0.2, -0.15) is 0 Å². The average molecular weight is 194 g/mol. The summed E-state index contributed by atoms with van der Waals surface area (Å²) in [5.41, 5.74) is 2.76. The Balaban J connectivity index is 2.13. The molecule has 4 heteroatoms. The SMILES string of the molecule is O=C(CCNCc1ccccc1)NO. The lowest BCUT2D eigenvalue weighted by Gasteiger charge is -2.03. The summed E-state index contributed by atoms with van der Waals surface area (Å²) in [5, 5.41) is 11.3. The van der Waals surface area contributed by atoms with E-state index in [1.54, 1.807) is 5.48 Å². The predicted octanol–water partition coefficient (Wildman–Crippen LogP) is 0.672. The van der Waals surface area contributed by atoms with Gasteiger partial charge >= 0.3 is 0 Å². The lowest BCUT2D eigenvalue weighted by molar-refractivity contribution is -0.129. The van der Waals surface area contributed by atoms with Gasteiger partial charge in [0.15, 0.2) is 0 Å². The van der Waals surface area contributed by atoms with Gasteiger partial charge in [0.05, 0.1) is 0 Å². The molecule has 1 amide bonds. The molecule has 0 saturated carbocycles. The second-order valence-electron chi connectivity index (χ2n) is 2.95. The van der Waals surface area contributed by atoms with Crippen LogP contribution in [0.1, 0.15) is 12.0 Å². The number of hydrogen-bond donors (Lipinski definition) is 3. The van der Waals surface area contributed by atoms with Crippen LogP contribution in [0, 0.1) is 0 Å². The molecule has 0 aliphatic carbocycles. The first kappa shape index (κ1) is 10.7. The zero-order valence-electron chi connectivity index (χ0n) is 7.86. The summed E-state index contributed by atoms with van der Waals surface area (Å²) < 4.78 is 0. The van der Waals surface area contributed by atoms with Gasteiger partial charge in [0.2, 0.25) is 5.91 Å². The molecule has 0 atom stereocenters. The number of hydroxylamine groups is 1. The molecule has 0 fully saturated rings. The lowest BCUT2D eigenvalue weighted by Crippen LogP contribution is -2.24. The molecule has 76 valence electrons. The maximum absolute atomic E-state index is 10.6. The van der Waals surface area contributed by atoms with Crippen LogP contribution in [-0.2, 0) is 11.3 Å². The molecule has 1 aromatic rings. The van der Waals surface area contributed by atoms with Gasteiger partial charge in [0, 0.05) is 19.5 Å². The van der Waals surface area contributed by atoms with E-state index in [1.165, 1.54) is 5.56 Å². The standard InChI is InChI=1S/C10H14N2O2/c13-10(12-14)6-7-11-8-9-4-2-1-3-5-9/h1-5,11,14H,6-8H2,(H,12,13). The highest BCUT2D eigenvalue weighted by molar-refractivity contribution is 5.74. The third-order valence-corrected chi connectivity index (χ3v) is 1.83. The summed E-state index contributed by atoms with van der Waals surface area (Å²) >= 11 is 0. The van der Waals surface area contributed by atoms with Crippen molar-refractivity contribution in [1.29, 1.82) is 0 Å². The lowest BCUT2D eigenvalue weighted by atomic mass is 10.2. The van der Waals surface area contributed by atoms with Gasteiger partial charge in [-0.25, -0.2) is 5.48 Å². The van der Waals surface area contributed by atoms with Crippen molar-refractivity contribution < 1.29 is 10.0 Å². The molecule has 1 rings (SSSR count). The first-order valence-electron chi connectivity index (χ1n) is 4.50. The molecule has 0 saturated heterocycles. The van der Waals surface area contributed by atoms with E-state index in [-0.39, 0.29) is 12.3 Å². The zero-order valence-corrected chi connectivity index (χ0v) is 7.86. The Morgan fingerprint density at radius 2 is 2.00 bits per heavy atom. The molecule has 0 spiro atoms. The maximum atomic E-state index is 10.6. The average Bonchev–Trinajstić information content (AvgIpc) is 2.25. The molecule has 0 aromatic heterocycles. The molecule has 0 aliphatic heterocycles. The Morgan fingerprint density at radius 1 is 1.29 bits per heavy atom. The van der Waals surface area contributed by atoms with Crippen molar-refractivity contribution in [2.75, 3.05) is 6.54 Å². The van der Waals surface area contributed by atoms with Gasteiger partial charge in [-0.15, -0.1) is 0 Å². The van der Waals surface area contributed by atoms with Gasteiger partial charge < -0.3 is 5.32 Å². The Bertz CT molecular complexity index is 275. The Labute approximate surface area is 82.9 Å². The third kappa shape index (κ3) is 4.02. The fourth-order valence-electron chi connectivity index (χ4n) is 1.09. The number of nitrogens with one attached hydrogen (secondary N) is 2. The number of benzene rings is 1. The second kappa shape index (κ2) is 6.12. The summed E-state index contributed by atoms with van der Waals surface area (Å²) in [6.07, 6.45) is 0.281. The van der Waals surface area contributed by atoms with Crippen LogP contribution in [0.15, 0.2) is 30.3 Å². The first-order valence-corrected chi connectivity index (χ1v) is 4.50. The van der Waals surface area contributed by atoms with Crippen LogP contribution in [0.2, 0.25) is 0 Å². The van der Waals surface area contributed by atoms with E-state index in [1.807, 2.05) is 30.3 Å². The van der Waals surface area contributed by atoms with Crippen molar-refractivity contribution in [3.8, 4) is 0 Å². The Hall–Kier alpha value is -1.39. The minimum atomic E-state index is -0.370. The molecular weight excluding hydrogens is 180 g/mol. The van der Waals surface area contributed by atoms with Crippen LogP contribution in [0.3, 0.4) is 0 Å². The monoisotopic (exact) mass is 194 g/mol. The van der Waals surface area contributed by atoms with E-state index in [0.29, 0.717) is 6.54 Å². The topological polar surface area (TPSA) is 61.4 Å². The number of rotatable bonds is 5. The van der Waals surface area contributed by atoms with E-state index >= 15 is 0 Å². The van der Waals surface area contributed by atoms with Gasteiger partial charge in [0.25, 0.3) is 0 Å². The summed E-state index contributed by atoms with van der Waals surface area (Å²) in [4.78, 5) is 10.6. The normalized spacial score (nSPS) is 9.79. The van der Waals surface area contributed by atoms with E-state index in [9.17, 15) is 4.79 Å². The molecule has 1 aromatic carbocycles. The van der Waals surface area contributed by atoms with Crippen LogP contribution >= 0.6 is 0 Å². The maximum Gasteiger partial charge on any atom is 0.244 e. The van der Waals surface area contributed by atoms with E-state index < -0.39 is 0 Å². The third-order valence-electron chi connectivity index (χ3n) is 1.83. The first-order chi connectivity index (χ1) is 6.83. The van der Waals surface area contributed by atoms with Gasteiger partial charge in [0.1, 0.15) is 0 Å². The highest BCUT2D eigenvalue weighted by Gasteiger charge is 1.97. The van der Waals surface area contributed by atoms with Crippen LogP contribution in [-0.4, -0.2) is 17.7 Å². The van der Waals surface area contributed by atoms with Crippen LogP contribution in [0.5, 0.6) is 0 Å². The number of carbonyl (C=O) groups excluding carboxylic acids is 1. The second-order valence-corrected chi connectivity index (χ2v) is 2.95. The van der Waals surface area contributed by atoms with E-state index in [0.717, 1.165) is 6.54 Å². The van der Waals surface area contributed by atoms with Crippen LogP contribution < -0.4 is 10.8 Å². The van der Waals surface area contributed by atoms with Crippen molar-refractivity contribution in [1.82, 2.24) is 10.8 Å². The van der Waals surface area contributed by atoms with E-state index in [2.05, 4.69) is 5.32 Å². The molecule has 4 nitrogen and oxygen atoms in total. The van der Waals surface area contributed by atoms with Crippen molar-refractivity contribution in [2.24, 2.45) is 0 Å². The minimum absolute atomic E-state index is 0.281. The molecule has 14 heavy (non-hydrogen) atoms. The summed E-state index contributed by atoms with van der Waals surface area (Å²) in [6, 6.07) is 9.93. The van der Waals surface area contributed by atoms with Crippen molar-refractivity contribution >= 4 is 5.91 Å². The largest absolute Gasteiger partial charge is 0.312 e. The molecule has 0 heterocycles. The van der Waals surface area contributed by atoms with Gasteiger partial charge in [-0.05, 0) is 5.56 Å². The Morgan fingerprint density at radius 3 is 2.64 bits per heavy atom. The molecule has 0 bridgehead atoms. The van der Waals surface area contributed by atoms with E-state index in [4.69, 9.17) is 5.21 Å². The smallest absolute Gasteiger partial charge is 0.244 e. The van der Waals surface area contributed by atoms with Crippen LogP contribution in [0.4, 0.5) is 0 Å². The fourth-order valence-corrected chi connectivity index (χ4v) is 1.09. The van der Waals surface area contributed by atoms with Gasteiger partial charge in [-0.3, -0.25) is 10.0 Å². The quantitative estimate of drug-likeness (QED) is 0.367. The van der Waals surface area contributed by atoms with Gasteiger partial charge in [-0.1, -0.05) is 30.3 Å². The van der Waals surface area contributed by atoms with Crippen molar-refractivity contribution in [3.05, 3.63) is 35.9 Å². The molecule has 0 radical (unpaired) electrons. The number of hydrogen-bond acceptors (Lipinski definition) is 3. The highest BCUT2D eigenvalue weighted by atomic mass is 16.5. The fraction of sp³-hybridized carbons (Fsp3) is 0.300. The molecule has 3 N–H and O–H groups in total. The summed E-state index contributed by atoms with van der Waals surface area (Å²) in [6.45, 7) is 1.29. The summed E-state index contributed by atoms with van der Waals surface area (Å²) in [5.74, 6) is -0.370. The van der Waals surface area contributed by atoms with Crippen LogP contribution in [0.25, 0.3) is 0 Å². The number of carbonyl (C=O) groups is 1. The predicted molar refractivity (Wildman–Crippen MR) is 52.7 cm³/mol. The van der Waals surface area contributed by atoms with Crippen molar-refractivity contribution in [3.63, 3.8) is 0 Å². The highest BCUT2D eigenvalue weighted by Crippen LogP contribution is 1.96. The Kier molecular flexibility index (Phi) is 4.68. The molecule has 0 aliphatic rings. The molecular formula is C10H14N2O2. The zero-order chi connectivity index (χ0) is 10.2. The number of amides is 1. The minimum Gasteiger partial charge on any atom is -0.312 e. The van der Waals surface area contributed by atoms with Crippen molar-refractivity contribution in [2.45, 2.75) is 13.0 Å². The molecule has 0 unspecified atom stereocenters.